The van der Waals surface area contributed by atoms with Crippen LogP contribution in [0.5, 0.6) is 11.5 Å². The monoisotopic (exact) mass is 300 g/mol. The number of hydrogen-bond acceptors (Lipinski definition) is 5. The van der Waals surface area contributed by atoms with Crippen LogP contribution in [-0.2, 0) is 16.6 Å². The van der Waals surface area contributed by atoms with Crippen molar-refractivity contribution in [2.45, 2.75) is 25.6 Å². The average Bonchev–Trinajstić information content (AvgIpc) is 2.90. The molecule has 0 saturated heterocycles. The van der Waals surface area contributed by atoms with E-state index in [1.165, 1.54) is 0 Å². The second-order valence-electron chi connectivity index (χ2n) is 4.67. The SMILES string of the molecule is CCNCC(C)S(=O)(=O)NCc1ccc2c(c1)OCO2. The lowest BCUT2D eigenvalue weighted by molar-refractivity contribution is 0.174. The second-order valence-corrected chi connectivity index (χ2v) is 6.86. The van der Waals surface area contributed by atoms with Crippen LogP contribution in [0.4, 0.5) is 0 Å². The number of fused-ring (bicyclic) bond motifs is 1. The van der Waals surface area contributed by atoms with Crippen LogP contribution in [0.3, 0.4) is 0 Å². The lowest BCUT2D eigenvalue weighted by Gasteiger charge is -2.14. The highest BCUT2D eigenvalue weighted by atomic mass is 32.2. The van der Waals surface area contributed by atoms with Crippen molar-refractivity contribution in [3.63, 3.8) is 0 Å². The van der Waals surface area contributed by atoms with Gasteiger partial charge in [0.1, 0.15) is 0 Å². The van der Waals surface area contributed by atoms with Crippen molar-refractivity contribution in [1.29, 1.82) is 0 Å². The maximum atomic E-state index is 12.0. The molecule has 1 aliphatic heterocycles. The third kappa shape index (κ3) is 3.62. The minimum absolute atomic E-state index is 0.213. The van der Waals surface area contributed by atoms with Gasteiger partial charge in [0.2, 0.25) is 16.8 Å². The first-order valence-electron chi connectivity index (χ1n) is 6.60. The summed E-state index contributed by atoms with van der Waals surface area (Å²) in [5, 5.41) is 2.56. The fourth-order valence-corrected chi connectivity index (χ4v) is 2.82. The normalized spacial score (nSPS) is 15.3. The summed E-state index contributed by atoms with van der Waals surface area (Å²) >= 11 is 0. The topological polar surface area (TPSA) is 76.7 Å². The van der Waals surface area contributed by atoms with Crippen LogP contribution in [0, 0.1) is 0 Å². The van der Waals surface area contributed by atoms with Crippen LogP contribution < -0.4 is 19.5 Å². The summed E-state index contributed by atoms with van der Waals surface area (Å²) in [4.78, 5) is 0. The smallest absolute Gasteiger partial charge is 0.231 e. The van der Waals surface area contributed by atoms with Gasteiger partial charge in [-0.05, 0) is 31.2 Å². The Bertz CT molecular complexity index is 559. The molecule has 0 radical (unpaired) electrons. The van der Waals surface area contributed by atoms with Crippen LogP contribution in [0.2, 0.25) is 0 Å². The maximum Gasteiger partial charge on any atom is 0.231 e. The predicted octanol–water partition coefficient (Wildman–Crippen LogP) is 0.833. The average molecular weight is 300 g/mol. The quantitative estimate of drug-likeness (QED) is 0.780. The van der Waals surface area contributed by atoms with Crippen LogP contribution >= 0.6 is 0 Å². The summed E-state index contributed by atoms with van der Waals surface area (Å²) in [5.74, 6) is 1.35. The summed E-state index contributed by atoms with van der Waals surface area (Å²) in [6.07, 6.45) is 0. The van der Waals surface area contributed by atoms with E-state index in [1.54, 1.807) is 19.1 Å². The number of sulfonamides is 1. The third-order valence-electron chi connectivity index (χ3n) is 3.13. The van der Waals surface area contributed by atoms with Gasteiger partial charge in [0.25, 0.3) is 0 Å². The van der Waals surface area contributed by atoms with Gasteiger partial charge in [-0.1, -0.05) is 13.0 Å². The lowest BCUT2D eigenvalue weighted by atomic mass is 10.2. The van der Waals surface area contributed by atoms with Crippen LogP contribution in [0.15, 0.2) is 18.2 Å². The highest BCUT2D eigenvalue weighted by molar-refractivity contribution is 7.90. The zero-order valence-electron chi connectivity index (χ0n) is 11.7. The van der Waals surface area contributed by atoms with E-state index in [4.69, 9.17) is 9.47 Å². The van der Waals surface area contributed by atoms with Gasteiger partial charge in [-0.2, -0.15) is 0 Å². The van der Waals surface area contributed by atoms with Gasteiger partial charge in [-0.25, -0.2) is 13.1 Å². The van der Waals surface area contributed by atoms with Gasteiger partial charge in [0, 0.05) is 13.1 Å². The third-order valence-corrected chi connectivity index (χ3v) is 4.90. The van der Waals surface area contributed by atoms with E-state index < -0.39 is 15.3 Å². The Morgan fingerprint density at radius 3 is 2.80 bits per heavy atom. The second kappa shape index (κ2) is 6.43. The Labute approximate surface area is 119 Å². The van der Waals surface area contributed by atoms with E-state index >= 15 is 0 Å². The molecule has 0 spiro atoms. The van der Waals surface area contributed by atoms with Crippen molar-refractivity contribution in [3.8, 4) is 11.5 Å². The van der Waals surface area contributed by atoms with Crippen molar-refractivity contribution in [2.24, 2.45) is 0 Å². The van der Waals surface area contributed by atoms with Crippen LogP contribution in [0.25, 0.3) is 0 Å². The number of nitrogens with one attached hydrogen (secondary N) is 2. The highest BCUT2D eigenvalue weighted by Crippen LogP contribution is 2.32. The van der Waals surface area contributed by atoms with Gasteiger partial charge in [-0.15, -0.1) is 0 Å². The first-order valence-corrected chi connectivity index (χ1v) is 8.15. The molecule has 0 aliphatic carbocycles. The molecule has 112 valence electrons. The summed E-state index contributed by atoms with van der Waals surface area (Å²) in [6, 6.07) is 5.40. The maximum absolute atomic E-state index is 12.0. The van der Waals surface area contributed by atoms with E-state index in [0.717, 1.165) is 12.1 Å². The Kier molecular flexibility index (Phi) is 4.85. The zero-order chi connectivity index (χ0) is 14.6. The van der Waals surface area contributed by atoms with Gasteiger partial charge < -0.3 is 14.8 Å². The Morgan fingerprint density at radius 2 is 2.05 bits per heavy atom. The van der Waals surface area contributed by atoms with Gasteiger partial charge in [-0.3, -0.25) is 0 Å². The van der Waals surface area contributed by atoms with E-state index in [1.807, 2.05) is 13.0 Å². The first-order chi connectivity index (χ1) is 9.53. The summed E-state index contributed by atoms with van der Waals surface area (Å²) < 4.78 is 37.2. The molecule has 1 heterocycles. The molecule has 0 aromatic heterocycles. The lowest BCUT2D eigenvalue weighted by Crippen LogP contribution is -2.38. The van der Waals surface area contributed by atoms with Gasteiger partial charge in [0.05, 0.1) is 5.25 Å². The minimum atomic E-state index is -3.33. The zero-order valence-corrected chi connectivity index (χ0v) is 12.5. The standard InChI is InChI=1S/C13H20N2O4S/c1-3-14-7-10(2)20(16,17)15-8-11-4-5-12-13(6-11)19-9-18-12/h4-6,10,14-15H,3,7-9H2,1-2H3. The molecule has 20 heavy (non-hydrogen) atoms. The van der Waals surface area contributed by atoms with E-state index in [9.17, 15) is 8.42 Å². The first kappa shape index (κ1) is 15.1. The molecule has 6 nitrogen and oxygen atoms in total. The molecular formula is C13H20N2O4S. The Balaban J connectivity index is 1.94. The molecule has 1 aromatic rings. The number of benzene rings is 1. The van der Waals surface area contributed by atoms with Crippen molar-refractivity contribution >= 4 is 10.0 Å². The van der Waals surface area contributed by atoms with Gasteiger partial charge >= 0.3 is 0 Å². The number of rotatable bonds is 7. The number of ether oxygens (including phenoxy) is 2. The van der Waals surface area contributed by atoms with E-state index in [-0.39, 0.29) is 13.3 Å². The van der Waals surface area contributed by atoms with Crippen molar-refractivity contribution in [3.05, 3.63) is 23.8 Å². The summed E-state index contributed by atoms with van der Waals surface area (Å²) in [6.45, 7) is 5.28. The fraction of sp³-hybridized carbons (Fsp3) is 0.538. The molecule has 7 heteroatoms. The molecule has 1 aliphatic rings. The molecule has 0 fully saturated rings. The number of hydrogen-bond donors (Lipinski definition) is 2. The Hall–Kier alpha value is -1.31. The van der Waals surface area contributed by atoms with Crippen LogP contribution in [-0.4, -0.2) is 33.6 Å². The minimum Gasteiger partial charge on any atom is -0.454 e. The largest absolute Gasteiger partial charge is 0.454 e. The predicted molar refractivity (Wildman–Crippen MR) is 76.3 cm³/mol. The molecule has 1 aromatic carbocycles. The summed E-state index contributed by atoms with van der Waals surface area (Å²) in [7, 11) is -3.33. The molecular weight excluding hydrogens is 280 g/mol. The van der Waals surface area contributed by atoms with Gasteiger partial charge in [0.15, 0.2) is 11.5 Å². The van der Waals surface area contributed by atoms with E-state index in [0.29, 0.717) is 18.0 Å². The van der Waals surface area contributed by atoms with Crippen LogP contribution in [0.1, 0.15) is 19.4 Å². The molecule has 0 bridgehead atoms. The molecule has 0 saturated carbocycles. The molecule has 2 rings (SSSR count). The van der Waals surface area contributed by atoms with E-state index in [2.05, 4.69) is 10.0 Å². The highest BCUT2D eigenvalue weighted by Gasteiger charge is 2.20. The Morgan fingerprint density at radius 1 is 1.30 bits per heavy atom. The molecule has 0 amide bonds. The molecule has 1 unspecified atom stereocenters. The fourth-order valence-electron chi connectivity index (χ4n) is 1.83. The van der Waals surface area contributed by atoms with Crippen molar-refractivity contribution in [2.75, 3.05) is 19.9 Å². The summed E-state index contributed by atoms with van der Waals surface area (Å²) in [5.41, 5.74) is 0.841. The van der Waals surface area contributed by atoms with Crippen molar-refractivity contribution < 1.29 is 17.9 Å². The molecule has 2 N–H and O–H groups in total. The van der Waals surface area contributed by atoms with Crippen molar-refractivity contribution in [1.82, 2.24) is 10.0 Å². The molecule has 1 atom stereocenters.